The minimum atomic E-state index is -0.997. The molecule has 0 aliphatic rings. The standard InChI is InChI=1S/C14H22N2O3S/c1-10(2)4-6-14(3,19)9-15-12(17)13(18)16-11-5-7-20-8-11/h5,7-8,10,19H,4,6,9H2,1-3H3,(H,15,17)(H,16,18). The molecule has 0 spiro atoms. The van der Waals surface area contributed by atoms with Crippen molar-refractivity contribution < 1.29 is 14.7 Å². The van der Waals surface area contributed by atoms with E-state index in [9.17, 15) is 14.7 Å². The Kier molecular flexibility index (Phi) is 6.16. The molecular weight excluding hydrogens is 276 g/mol. The molecule has 0 radical (unpaired) electrons. The lowest BCUT2D eigenvalue weighted by Crippen LogP contribution is -2.44. The van der Waals surface area contributed by atoms with Crippen LogP contribution in [-0.2, 0) is 9.59 Å². The van der Waals surface area contributed by atoms with Gasteiger partial charge in [0, 0.05) is 11.9 Å². The van der Waals surface area contributed by atoms with Gasteiger partial charge in [0.05, 0.1) is 11.3 Å². The first kappa shape index (κ1) is 16.7. The Balaban J connectivity index is 2.36. The molecule has 0 aromatic carbocycles. The molecular formula is C14H22N2O3S. The molecule has 0 fully saturated rings. The number of carbonyl (C=O) groups is 2. The van der Waals surface area contributed by atoms with Gasteiger partial charge in [0.1, 0.15) is 0 Å². The second kappa shape index (κ2) is 7.40. The van der Waals surface area contributed by atoms with Crippen LogP contribution in [0.25, 0.3) is 0 Å². The third-order valence-corrected chi connectivity index (χ3v) is 3.56. The van der Waals surface area contributed by atoms with E-state index < -0.39 is 17.4 Å². The van der Waals surface area contributed by atoms with Crippen LogP contribution in [0.1, 0.15) is 33.6 Å². The fraction of sp³-hybridized carbons (Fsp3) is 0.571. The summed E-state index contributed by atoms with van der Waals surface area (Å²) in [6.07, 6.45) is 1.45. The Morgan fingerprint density at radius 1 is 1.40 bits per heavy atom. The van der Waals surface area contributed by atoms with Crippen LogP contribution < -0.4 is 10.6 Å². The Hall–Kier alpha value is -1.40. The summed E-state index contributed by atoms with van der Waals surface area (Å²) in [6.45, 7) is 5.87. The molecule has 1 heterocycles. The lowest BCUT2D eigenvalue weighted by molar-refractivity contribution is -0.136. The van der Waals surface area contributed by atoms with Gasteiger partial charge in [-0.3, -0.25) is 9.59 Å². The smallest absolute Gasteiger partial charge is 0.313 e. The van der Waals surface area contributed by atoms with Crippen LogP contribution >= 0.6 is 11.3 Å². The molecule has 0 aliphatic heterocycles. The zero-order valence-electron chi connectivity index (χ0n) is 12.1. The molecule has 0 saturated heterocycles. The summed E-state index contributed by atoms with van der Waals surface area (Å²) >= 11 is 1.43. The summed E-state index contributed by atoms with van der Waals surface area (Å²) < 4.78 is 0. The molecule has 0 saturated carbocycles. The molecule has 2 amide bonds. The molecule has 20 heavy (non-hydrogen) atoms. The molecule has 0 aliphatic carbocycles. The summed E-state index contributed by atoms with van der Waals surface area (Å²) in [5.74, 6) is -0.969. The van der Waals surface area contributed by atoms with Gasteiger partial charge in [-0.25, -0.2) is 0 Å². The van der Waals surface area contributed by atoms with Crippen LogP contribution in [0, 0.1) is 5.92 Å². The largest absolute Gasteiger partial charge is 0.388 e. The van der Waals surface area contributed by atoms with E-state index in [1.54, 1.807) is 18.4 Å². The lowest BCUT2D eigenvalue weighted by atomic mass is 9.95. The summed E-state index contributed by atoms with van der Waals surface area (Å²) in [5, 5.41) is 18.6. The molecule has 0 bridgehead atoms. The van der Waals surface area contributed by atoms with E-state index in [1.807, 2.05) is 5.38 Å². The Morgan fingerprint density at radius 3 is 2.65 bits per heavy atom. The zero-order valence-corrected chi connectivity index (χ0v) is 12.9. The van der Waals surface area contributed by atoms with Gasteiger partial charge in [-0.05, 0) is 37.1 Å². The van der Waals surface area contributed by atoms with E-state index in [1.165, 1.54) is 11.3 Å². The topological polar surface area (TPSA) is 78.4 Å². The minimum Gasteiger partial charge on any atom is -0.388 e. The molecule has 1 aromatic rings. The second-order valence-electron chi connectivity index (χ2n) is 5.58. The van der Waals surface area contributed by atoms with Crippen molar-refractivity contribution >= 4 is 28.8 Å². The van der Waals surface area contributed by atoms with Crippen LogP contribution in [0.5, 0.6) is 0 Å². The number of aliphatic hydroxyl groups is 1. The summed E-state index contributed by atoms with van der Waals surface area (Å²) in [7, 11) is 0. The van der Waals surface area contributed by atoms with Crippen molar-refractivity contribution in [3.8, 4) is 0 Å². The number of hydrogen-bond acceptors (Lipinski definition) is 4. The van der Waals surface area contributed by atoms with E-state index >= 15 is 0 Å². The molecule has 6 heteroatoms. The Bertz CT molecular complexity index is 441. The highest BCUT2D eigenvalue weighted by atomic mass is 32.1. The van der Waals surface area contributed by atoms with Crippen molar-refractivity contribution in [3.05, 3.63) is 16.8 Å². The van der Waals surface area contributed by atoms with Gasteiger partial charge in [-0.2, -0.15) is 11.3 Å². The lowest BCUT2D eigenvalue weighted by Gasteiger charge is -2.24. The average Bonchev–Trinajstić information content (AvgIpc) is 2.86. The van der Waals surface area contributed by atoms with Crippen molar-refractivity contribution in [1.82, 2.24) is 5.32 Å². The summed E-state index contributed by atoms with van der Waals surface area (Å²) in [4.78, 5) is 23.2. The van der Waals surface area contributed by atoms with Crippen LogP contribution in [0.2, 0.25) is 0 Å². The number of thiophene rings is 1. The highest BCUT2D eigenvalue weighted by molar-refractivity contribution is 7.08. The van der Waals surface area contributed by atoms with Crippen LogP contribution in [0.3, 0.4) is 0 Å². The normalized spacial score (nSPS) is 13.8. The molecule has 1 aromatic heterocycles. The molecule has 3 N–H and O–H groups in total. The number of anilines is 1. The molecule has 5 nitrogen and oxygen atoms in total. The Labute approximate surface area is 123 Å². The molecule has 112 valence electrons. The number of nitrogens with one attached hydrogen (secondary N) is 2. The van der Waals surface area contributed by atoms with Crippen molar-refractivity contribution in [2.24, 2.45) is 5.92 Å². The maximum absolute atomic E-state index is 11.6. The van der Waals surface area contributed by atoms with Crippen LogP contribution in [0.4, 0.5) is 5.69 Å². The fourth-order valence-corrected chi connectivity index (χ4v) is 2.15. The van der Waals surface area contributed by atoms with Gasteiger partial charge in [0.15, 0.2) is 0 Å². The molecule has 1 atom stereocenters. The predicted octanol–water partition coefficient (Wildman–Crippen LogP) is 1.99. The van der Waals surface area contributed by atoms with Gasteiger partial charge in [-0.1, -0.05) is 13.8 Å². The van der Waals surface area contributed by atoms with Gasteiger partial charge >= 0.3 is 11.8 Å². The SMILES string of the molecule is CC(C)CCC(C)(O)CNC(=O)C(=O)Nc1ccsc1. The third kappa shape index (κ3) is 6.16. The third-order valence-electron chi connectivity index (χ3n) is 2.88. The monoisotopic (exact) mass is 298 g/mol. The maximum atomic E-state index is 11.6. The van der Waals surface area contributed by atoms with Crippen molar-refractivity contribution in [3.63, 3.8) is 0 Å². The minimum absolute atomic E-state index is 0.0651. The van der Waals surface area contributed by atoms with Crippen molar-refractivity contribution in [2.45, 2.75) is 39.2 Å². The zero-order chi connectivity index (χ0) is 15.2. The Morgan fingerprint density at radius 2 is 2.10 bits per heavy atom. The number of rotatable bonds is 6. The highest BCUT2D eigenvalue weighted by Crippen LogP contribution is 2.15. The first-order valence-corrected chi connectivity index (χ1v) is 7.58. The molecule has 1 unspecified atom stereocenters. The van der Waals surface area contributed by atoms with E-state index in [4.69, 9.17) is 0 Å². The van der Waals surface area contributed by atoms with E-state index in [-0.39, 0.29) is 6.54 Å². The van der Waals surface area contributed by atoms with Crippen LogP contribution in [-0.4, -0.2) is 29.1 Å². The average molecular weight is 298 g/mol. The second-order valence-corrected chi connectivity index (χ2v) is 6.36. The molecule has 1 rings (SSSR count). The van der Waals surface area contributed by atoms with Crippen molar-refractivity contribution in [1.29, 1.82) is 0 Å². The summed E-state index contributed by atoms with van der Waals surface area (Å²) in [6, 6.07) is 1.72. The first-order chi connectivity index (χ1) is 9.30. The first-order valence-electron chi connectivity index (χ1n) is 6.64. The predicted molar refractivity (Wildman–Crippen MR) is 80.7 cm³/mol. The number of hydrogen-bond donors (Lipinski definition) is 3. The van der Waals surface area contributed by atoms with E-state index in [0.29, 0.717) is 18.0 Å². The van der Waals surface area contributed by atoms with Gasteiger partial charge < -0.3 is 15.7 Å². The van der Waals surface area contributed by atoms with E-state index in [0.717, 1.165) is 6.42 Å². The van der Waals surface area contributed by atoms with Gasteiger partial charge in [-0.15, -0.1) is 0 Å². The summed E-state index contributed by atoms with van der Waals surface area (Å²) in [5.41, 5.74) is -0.399. The van der Waals surface area contributed by atoms with Gasteiger partial charge in [0.25, 0.3) is 0 Å². The van der Waals surface area contributed by atoms with Crippen molar-refractivity contribution in [2.75, 3.05) is 11.9 Å². The van der Waals surface area contributed by atoms with Gasteiger partial charge in [0.2, 0.25) is 0 Å². The maximum Gasteiger partial charge on any atom is 0.313 e. The fourth-order valence-electron chi connectivity index (χ4n) is 1.56. The van der Waals surface area contributed by atoms with Crippen LogP contribution in [0.15, 0.2) is 16.8 Å². The quantitative estimate of drug-likeness (QED) is 0.703. The number of amides is 2. The highest BCUT2D eigenvalue weighted by Gasteiger charge is 2.23. The van der Waals surface area contributed by atoms with E-state index in [2.05, 4.69) is 24.5 Å². The number of carbonyl (C=O) groups excluding carboxylic acids is 2.